The number of aromatic nitrogens is 1. The van der Waals surface area contributed by atoms with Crippen LogP contribution in [-0.4, -0.2) is 11.3 Å². The zero-order chi connectivity index (χ0) is 14.8. The topological polar surface area (TPSA) is 65.9 Å². The molecule has 104 valence electrons. The number of hydrogen-bond donors (Lipinski definition) is 1. The Morgan fingerprint density at radius 3 is 2.26 bits per heavy atom. The Morgan fingerprint density at radius 2 is 1.84 bits per heavy atom. The molecule has 0 aliphatic rings. The predicted molar refractivity (Wildman–Crippen MR) is 48.1 cm³/mol. The third-order valence-corrected chi connectivity index (χ3v) is 1.90. The van der Waals surface area contributed by atoms with E-state index in [4.69, 9.17) is 5.26 Å². The zero-order valence-corrected chi connectivity index (χ0v) is 8.82. The van der Waals surface area contributed by atoms with E-state index < -0.39 is 41.4 Å². The van der Waals surface area contributed by atoms with E-state index >= 15 is 0 Å². The lowest BCUT2D eigenvalue weighted by Crippen LogP contribution is -2.28. The van der Waals surface area contributed by atoms with Gasteiger partial charge < -0.3 is 9.72 Å². The van der Waals surface area contributed by atoms with Crippen molar-refractivity contribution in [3.8, 4) is 11.8 Å². The second kappa shape index (κ2) is 4.83. The summed E-state index contributed by atoms with van der Waals surface area (Å²) in [5.41, 5.74) is -4.68. The molecule has 0 atom stereocenters. The van der Waals surface area contributed by atoms with E-state index in [9.17, 15) is 31.1 Å². The Balaban J connectivity index is 3.44. The lowest BCUT2D eigenvalue weighted by atomic mass is 10.1. The largest absolute Gasteiger partial charge is 0.573 e. The minimum atomic E-state index is -5.30. The highest BCUT2D eigenvalue weighted by Crippen LogP contribution is 2.31. The smallest absolute Gasteiger partial charge is 0.400 e. The molecule has 0 fully saturated rings. The molecule has 0 aliphatic heterocycles. The highest BCUT2D eigenvalue weighted by Gasteiger charge is 2.40. The maximum atomic E-state index is 12.6. The van der Waals surface area contributed by atoms with Crippen LogP contribution in [0.3, 0.4) is 0 Å². The minimum Gasteiger partial charge on any atom is -0.400 e. The van der Waals surface area contributed by atoms with Crippen molar-refractivity contribution in [1.29, 1.82) is 5.26 Å². The number of nitriles is 1. The number of hydrogen-bond acceptors (Lipinski definition) is 3. The van der Waals surface area contributed by atoms with E-state index in [0.717, 1.165) is 0 Å². The summed E-state index contributed by atoms with van der Waals surface area (Å²) < 4.78 is 76.6. The first-order valence-corrected chi connectivity index (χ1v) is 4.50. The van der Waals surface area contributed by atoms with E-state index in [1.165, 1.54) is 6.07 Å². The Morgan fingerprint density at radius 1 is 1.26 bits per heavy atom. The summed E-state index contributed by atoms with van der Waals surface area (Å²) in [6, 6.07) is 1.36. The van der Waals surface area contributed by atoms with Crippen LogP contribution in [0, 0.1) is 11.3 Å². The molecule has 19 heavy (non-hydrogen) atoms. The van der Waals surface area contributed by atoms with Gasteiger partial charge in [-0.2, -0.15) is 18.4 Å². The standard InChI is InChI=1S/C9H4F6N2O2/c10-8(11,12)6-4(1-2-16)17-3-5(7(6)18)19-9(13,14)15/h3H,1H2,(H,17,18). The molecule has 10 heteroatoms. The minimum absolute atomic E-state index is 0.331. The summed E-state index contributed by atoms with van der Waals surface area (Å²) >= 11 is 0. The molecule has 0 unspecified atom stereocenters. The van der Waals surface area contributed by atoms with Crippen LogP contribution in [-0.2, 0) is 12.6 Å². The second-order valence-corrected chi connectivity index (χ2v) is 3.22. The molecule has 1 N–H and O–H groups in total. The first-order valence-electron chi connectivity index (χ1n) is 4.50. The number of nitrogens with zero attached hydrogens (tertiary/aromatic N) is 1. The average molecular weight is 286 g/mol. The first kappa shape index (κ1) is 14.9. The lowest BCUT2D eigenvalue weighted by molar-refractivity contribution is -0.275. The molecule has 1 rings (SSSR count). The molecule has 0 saturated carbocycles. The van der Waals surface area contributed by atoms with Crippen LogP contribution in [0.1, 0.15) is 11.3 Å². The molecule has 1 aromatic rings. The molecule has 0 aromatic carbocycles. The Bertz CT molecular complexity index is 566. The van der Waals surface area contributed by atoms with Crippen molar-refractivity contribution in [1.82, 2.24) is 4.98 Å². The van der Waals surface area contributed by atoms with Crippen LogP contribution in [0.25, 0.3) is 0 Å². The van der Waals surface area contributed by atoms with E-state index in [0.29, 0.717) is 6.20 Å². The van der Waals surface area contributed by atoms with Gasteiger partial charge in [-0.25, -0.2) is 0 Å². The number of alkyl halides is 6. The fraction of sp³-hybridized carbons (Fsp3) is 0.333. The summed E-state index contributed by atoms with van der Waals surface area (Å²) in [6.07, 6.45) is -11.0. The number of aromatic amines is 1. The van der Waals surface area contributed by atoms with Crippen LogP contribution in [0.15, 0.2) is 11.0 Å². The molecule has 1 aromatic heterocycles. The van der Waals surface area contributed by atoms with Crippen molar-refractivity contribution in [2.24, 2.45) is 0 Å². The lowest BCUT2D eigenvalue weighted by Gasteiger charge is -2.13. The monoisotopic (exact) mass is 286 g/mol. The van der Waals surface area contributed by atoms with Crippen molar-refractivity contribution in [3.63, 3.8) is 0 Å². The van der Waals surface area contributed by atoms with Crippen LogP contribution in [0.5, 0.6) is 5.75 Å². The highest BCUT2D eigenvalue weighted by molar-refractivity contribution is 5.33. The molecule has 0 amide bonds. The van der Waals surface area contributed by atoms with Crippen LogP contribution in [0.2, 0.25) is 0 Å². The third-order valence-electron chi connectivity index (χ3n) is 1.90. The number of pyridine rings is 1. The van der Waals surface area contributed by atoms with Gasteiger partial charge in [0.2, 0.25) is 5.43 Å². The molecule has 1 heterocycles. The quantitative estimate of drug-likeness (QED) is 0.849. The van der Waals surface area contributed by atoms with Crippen LogP contribution >= 0.6 is 0 Å². The summed E-state index contributed by atoms with van der Waals surface area (Å²) in [5.74, 6) is -1.54. The number of nitrogens with one attached hydrogen (secondary N) is 1. The Kier molecular flexibility index (Phi) is 3.78. The van der Waals surface area contributed by atoms with Gasteiger partial charge in [-0.3, -0.25) is 4.79 Å². The van der Waals surface area contributed by atoms with Gasteiger partial charge in [0.1, 0.15) is 5.56 Å². The molecule has 0 saturated heterocycles. The van der Waals surface area contributed by atoms with E-state index in [1.54, 1.807) is 0 Å². The third kappa shape index (κ3) is 3.64. The summed E-state index contributed by atoms with van der Waals surface area (Å²) in [7, 11) is 0. The molecule has 0 radical (unpaired) electrons. The molecular weight excluding hydrogens is 282 g/mol. The van der Waals surface area contributed by atoms with Gasteiger partial charge in [0.15, 0.2) is 5.75 Å². The molecule has 0 spiro atoms. The fourth-order valence-electron chi connectivity index (χ4n) is 1.27. The number of H-pyrrole nitrogens is 1. The maximum Gasteiger partial charge on any atom is 0.573 e. The van der Waals surface area contributed by atoms with Crippen molar-refractivity contribution in [2.75, 3.05) is 0 Å². The number of halogens is 6. The normalized spacial score (nSPS) is 12.1. The van der Waals surface area contributed by atoms with Gasteiger partial charge in [-0.15, -0.1) is 13.2 Å². The fourth-order valence-corrected chi connectivity index (χ4v) is 1.27. The van der Waals surface area contributed by atoms with E-state index in [2.05, 4.69) is 4.74 Å². The Hall–Kier alpha value is -2.18. The number of rotatable bonds is 2. The number of ether oxygens (including phenoxy) is 1. The van der Waals surface area contributed by atoms with Gasteiger partial charge in [-0.1, -0.05) is 0 Å². The van der Waals surface area contributed by atoms with Gasteiger partial charge in [0.05, 0.1) is 12.5 Å². The van der Waals surface area contributed by atoms with Gasteiger partial charge in [0, 0.05) is 11.9 Å². The molecular formula is C9H4F6N2O2. The Labute approximate surface area is 101 Å². The van der Waals surface area contributed by atoms with Crippen LogP contribution in [0.4, 0.5) is 26.3 Å². The van der Waals surface area contributed by atoms with Crippen molar-refractivity contribution < 1.29 is 31.1 Å². The predicted octanol–water partition coefficient (Wildman–Crippen LogP) is 2.36. The summed E-state index contributed by atoms with van der Waals surface area (Å²) in [4.78, 5) is 13.1. The average Bonchev–Trinajstić information content (AvgIpc) is 2.19. The molecule has 0 aliphatic carbocycles. The van der Waals surface area contributed by atoms with Crippen molar-refractivity contribution >= 4 is 0 Å². The van der Waals surface area contributed by atoms with E-state index in [-0.39, 0.29) is 0 Å². The maximum absolute atomic E-state index is 12.6. The van der Waals surface area contributed by atoms with Gasteiger partial charge in [-0.05, 0) is 0 Å². The summed E-state index contributed by atoms with van der Waals surface area (Å²) in [5, 5.41) is 8.31. The van der Waals surface area contributed by atoms with Gasteiger partial charge >= 0.3 is 12.5 Å². The molecule has 0 bridgehead atoms. The highest BCUT2D eigenvalue weighted by atomic mass is 19.4. The van der Waals surface area contributed by atoms with Gasteiger partial charge in [0.25, 0.3) is 0 Å². The molecule has 4 nitrogen and oxygen atoms in total. The summed E-state index contributed by atoms with van der Waals surface area (Å²) in [6.45, 7) is 0. The van der Waals surface area contributed by atoms with Crippen molar-refractivity contribution in [2.45, 2.75) is 19.0 Å². The first-order chi connectivity index (χ1) is 8.56. The van der Waals surface area contributed by atoms with Crippen molar-refractivity contribution in [3.05, 3.63) is 27.7 Å². The van der Waals surface area contributed by atoms with Crippen LogP contribution < -0.4 is 10.2 Å². The van der Waals surface area contributed by atoms with E-state index in [1.807, 2.05) is 4.98 Å². The second-order valence-electron chi connectivity index (χ2n) is 3.22. The zero-order valence-electron chi connectivity index (χ0n) is 8.82. The SMILES string of the molecule is N#CCc1[nH]cc(OC(F)(F)F)c(=O)c1C(F)(F)F.